The molecular weight excluding hydrogens is 442 g/mol. The van der Waals surface area contributed by atoms with E-state index in [1.165, 1.54) is 12.8 Å². The number of hydrogen-bond acceptors (Lipinski definition) is 0. The molecule has 0 radical (unpaired) electrons. The molecule has 0 aromatic carbocycles. The summed E-state index contributed by atoms with van der Waals surface area (Å²) in [6.45, 7) is 9.33. The Morgan fingerprint density at radius 2 is 1.16 bits per heavy atom. The van der Waals surface area contributed by atoms with Gasteiger partial charge in [-0.25, -0.2) is 0 Å². The smallest absolute Gasteiger partial charge is 1.00 e. The van der Waals surface area contributed by atoms with E-state index in [2.05, 4.69) is 52.0 Å². The molecule has 0 unspecified atom stereocenters. The average molecular weight is 464 g/mol. The zero-order valence-corrected chi connectivity index (χ0v) is 17.2. The quantitative estimate of drug-likeness (QED) is 0.461. The Balaban J connectivity index is 0.00000162. The van der Waals surface area contributed by atoms with Crippen LogP contribution in [0, 0.1) is 11.8 Å². The van der Waals surface area contributed by atoms with Crippen LogP contribution in [0.5, 0.6) is 0 Å². The molecule has 19 heavy (non-hydrogen) atoms. The van der Waals surface area contributed by atoms with Gasteiger partial charge in [-0.15, -0.1) is 0 Å². The summed E-state index contributed by atoms with van der Waals surface area (Å²) in [6.07, 6.45) is 12.0. The number of halogens is 2. The summed E-state index contributed by atoms with van der Waals surface area (Å²) >= 11 is -0.733. The van der Waals surface area contributed by atoms with Crippen molar-refractivity contribution in [2.45, 2.75) is 40.5 Å². The van der Waals surface area contributed by atoms with Crippen molar-refractivity contribution in [3.05, 3.63) is 42.1 Å². The summed E-state index contributed by atoms with van der Waals surface area (Å²) in [5.41, 5.74) is 3.33. The molecule has 0 spiro atoms. The molecule has 0 aromatic rings. The van der Waals surface area contributed by atoms with Crippen LogP contribution in [-0.2, 0) is 22.9 Å². The molecule has 0 saturated carbocycles. The number of allylic oxidation sites excluding steroid dienone is 8. The third kappa shape index (κ3) is 4.72. The Kier molecular flexibility index (Phi) is 8.83. The van der Waals surface area contributed by atoms with Crippen molar-refractivity contribution in [3.63, 3.8) is 0 Å². The second-order valence-electron chi connectivity index (χ2n) is 5.52. The summed E-state index contributed by atoms with van der Waals surface area (Å²) in [5, 5.41) is 0. The van der Waals surface area contributed by atoms with Gasteiger partial charge in [0.05, 0.1) is 0 Å². The largest absolute Gasteiger partial charge is 1.00 e. The molecule has 0 heterocycles. The molecule has 104 valence electrons. The Morgan fingerprint density at radius 3 is 1.47 bits per heavy atom. The van der Waals surface area contributed by atoms with Crippen molar-refractivity contribution < 1.29 is 47.7 Å². The van der Waals surface area contributed by atoms with Crippen molar-refractivity contribution in [1.82, 2.24) is 0 Å². The molecule has 0 aromatic heterocycles. The van der Waals surface area contributed by atoms with Gasteiger partial charge < -0.3 is 24.8 Å². The second-order valence-corrected chi connectivity index (χ2v) is 10.8. The van der Waals surface area contributed by atoms with Gasteiger partial charge in [0.25, 0.3) is 0 Å². The van der Waals surface area contributed by atoms with Gasteiger partial charge in [0.15, 0.2) is 0 Å². The molecule has 0 nitrogen and oxygen atoms in total. The Hall–Kier alpha value is 0.410. The first kappa shape index (κ1) is 19.4. The monoisotopic (exact) mass is 464 g/mol. The predicted octanol–water partition coefficient (Wildman–Crippen LogP) is -1.18. The van der Waals surface area contributed by atoms with Crippen molar-refractivity contribution in [3.8, 4) is 0 Å². The normalized spacial score (nSPS) is 17.2. The molecule has 0 fully saturated rings. The van der Waals surface area contributed by atoms with Crippen LogP contribution < -0.4 is 24.8 Å². The Labute approximate surface area is 141 Å². The Morgan fingerprint density at radius 1 is 0.789 bits per heavy atom. The van der Waals surface area contributed by atoms with E-state index >= 15 is 0 Å². The molecule has 3 heteroatoms. The van der Waals surface area contributed by atoms with Crippen molar-refractivity contribution in [2.24, 2.45) is 11.8 Å². The summed E-state index contributed by atoms with van der Waals surface area (Å²) in [4.78, 5) is 0. The van der Waals surface area contributed by atoms with Gasteiger partial charge in [0.1, 0.15) is 0 Å². The first-order valence-electron chi connectivity index (χ1n) is 6.65. The Bertz CT molecular complexity index is 386. The van der Waals surface area contributed by atoms with Crippen LogP contribution in [0.25, 0.3) is 0 Å². The van der Waals surface area contributed by atoms with Crippen LogP contribution in [0.3, 0.4) is 0 Å². The molecule has 2 rings (SSSR count). The van der Waals surface area contributed by atoms with Crippen molar-refractivity contribution >= 4 is 0 Å². The van der Waals surface area contributed by atoms with Gasteiger partial charge in [-0.05, 0) is 0 Å². The van der Waals surface area contributed by atoms with Crippen LogP contribution >= 0.6 is 0 Å². The topological polar surface area (TPSA) is 0 Å². The second kappa shape index (κ2) is 8.64. The summed E-state index contributed by atoms with van der Waals surface area (Å²) in [5.74, 6) is 1.43. The minimum Gasteiger partial charge on any atom is -1.00 e. The van der Waals surface area contributed by atoms with Crippen LogP contribution in [-0.4, -0.2) is 0 Å². The van der Waals surface area contributed by atoms with Crippen molar-refractivity contribution in [1.29, 1.82) is 0 Å². The number of rotatable bonds is 4. The third-order valence-electron chi connectivity index (χ3n) is 3.48. The van der Waals surface area contributed by atoms with E-state index in [9.17, 15) is 0 Å². The first-order chi connectivity index (χ1) is 8.09. The molecule has 0 aliphatic heterocycles. The summed E-state index contributed by atoms with van der Waals surface area (Å²) < 4.78 is 3.69. The van der Waals surface area contributed by atoms with Gasteiger partial charge in [0.2, 0.25) is 0 Å². The van der Waals surface area contributed by atoms with Gasteiger partial charge >= 0.3 is 117 Å². The molecule has 2 aliphatic rings. The van der Waals surface area contributed by atoms with E-state index in [-0.39, 0.29) is 24.8 Å². The maximum Gasteiger partial charge on any atom is -1.00 e. The number of hydrogen-bond donors (Lipinski definition) is 0. The fraction of sp³-hybridized carbons (Fsp3) is 0.500. The molecule has 0 saturated heterocycles. The molecular formula is C16H22Cl2Hf. The summed E-state index contributed by atoms with van der Waals surface area (Å²) in [7, 11) is 0. The maximum atomic E-state index is 2.38. The maximum absolute atomic E-state index is 2.38. The van der Waals surface area contributed by atoms with E-state index < -0.39 is 22.9 Å². The first-order valence-corrected chi connectivity index (χ1v) is 10.2. The summed E-state index contributed by atoms with van der Waals surface area (Å²) in [6, 6.07) is 0. The van der Waals surface area contributed by atoms with Gasteiger partial charge in [0, 0.05) is 0 Å². The van der Waals surface area contributed by atoms with Crippen LogP contribution in [0.15, 0.2) is 42.1 Å². The zero-order chi connectivity index (χ0) is 12.4. The standard InChI is InChI=1S/2C8H11.2ClH.Hf/c2*1-7(2)8-5-3-4-6-8;;;/h2*3,5,7H,4H2,1-2H3;2*1H;/q;;;;+2/p-2. The fourth-order valence-electron chi connectivity index (χ4n) is 2.55. The SMILES string of the molecule is CC(C)C1=[C]([Hf+2][C]2=C(C(C)C)C=CC2)CC=C1.[Cl-].[Cl-]. The minimum atomic E-state index is -0.733. The van der Waals surface area contributed by atoms with E-state index in [4.69, 9.17) is 0 Å². The van der Waals surface area contributed by atoms with E-state index in [1.807, 2.05) is 6.66 Å². The van der Waals surface area contributed by atoms with Gasteiger partial charge in [-0.3, -0.25) is 0 Å². The molecule has 0 N–H and O–H groups in total. The van der Waals surface area contributed by atoms with Gasteiger partial charge in [-0.1, -0.05) is 0 Å². The van der Waals surface area contributed by atoms with E-state index in [1.54, 1.807) is 11.1 Å². The van der Waals surface area contributed by atoms with E-state index in [0.717, 1.165) is 0 Å². The predicted molar refractivity (Wildman–Crippen MR) is 71.2 cm³/mol. The fourth-order valence-corrected chi connectivity index (χ4v) is 9.15. The van der Waals surface area contributed by atoms with Crippen LogP contribution in [0.1, 0.15) is 40.5 Å². The van der Waals surface area contributed by atoms with Crippen LogP contribution in [0.2, 0.25) is 0 Å². The molecule has 0 atom stereocenters. The van der Waals surface area contributed by atoms with E-state index in [0.29, 0.717) is 11.8 Å². The van der Waals surface area contributed by atoms with Crippen LogP contribution in [0.4, 0.5) is 0 Å². The van der Waals surface area contributed by atoms with Gasteiger partial charge in [-0.2, -0.15) is 0 Å². The zero-order valence-electron chi connectivity index (χ0n) is 12.1. The molecule has 0 amide bonds. The third-order valence-corrected chi connectivity index (χ3v) is 9.19. The molecule has 2 aliphatic carbocycles. The minimum absolute atomic E-state index is 0. The molecule has 0 bridgehead atoms. The average Bonchev–Trinajstić information content (AvgIpc) is 2.86. The van der Waals surface area contributed by atoms with Crippen molar-refractivity contribution in [2.75, 3.05) is 0 Å².